The van der Waals surface area contributed by atoms with Gasteiger partial charge in [-0.2, -0.15) is 5.26 Å². The Balaban J connectivity index is 0.00000144. The fourth-order valence-electron chi connectivity index (χ4n) is 0.871. The summed E-state index contributed by atoms with van der Waals surface area (Å²) in [6.07, 6.45) is 0. The quantitative estimate of drug-likeness (QED) is 0.820. The second-order valence-electron chi connectivity index (χ2n) is 2.19. The number of benzene rings is 1. The van der Waals surface area contributed by atoms with Gasteiger partial charge in [-0.3, -0.25) is 0 Å². The van der Waals surface area contributed by atoms with Crippen LogP contribution in [0.1, 0.15) is 12.5 Å². The number of nitriles is 1. The van der Waals surface area contributed by atoms with Crippen LogP contribution in [0.5, 0.6) is 5.75 Å². The van der Waals surface area contributed by atoms with Crippen LogP contribution in [0.2, 0.25) is 0 Å². The lowest BCUT2D eigenvalue weighted by Gasteiger charge is -2.04. The lowest BCUT2D eigenvalue weighted by atomic mass is 10.2. The average Bonchev–Trinajstić information content (AvgIpc) is 2.08. The molecule has 0 unspecified atom stereocenters. The average molecular weight is 263 g/mol. The second-order valence-corrected chi connectivity index (χ2v) is 3.10. The third kappa shape index (κ3) is 3.25. The summed E-state index contributed by atoms with van der Waals surface area (Å²) in [6, 6.07) is 7.44. The minimum absolute atomic E-state index is 0. The molecule has 0 aliphatic carbocycles. The van der Waals surface area contributed by atoms with Crippen LogP contribution in [0.3, 0.4) is 0 Å². The van der Waals surface area contributed by atoms with Crippen molar-refractivity contribution in [2.75, 3.05) is 6.61 Å². The van der Waals surface area contributed by atoms with Gasteiger partial charge in [-0.05, 0) is 25.1 Å². The van der Waals surface area contributed by atoms with Gasteiger partial charge in [0.25, 0.3) is 0 Å². The number of halogens is 2. The first-order chi connectivity index (χ1) is 5.77. The van der Waals surface area contributed by atoms with E-state index >= 15 is 0 Å². The minimum atomic E-state index is 0. The van der Waals surface area contributed by atoms with Gasteiger partial charge in [0.2, 0.25) is 0 Å². The van der Waals surface area contributed by atoms with Gasteiger partial charge in [0.1, 0.15) is 11.8 Å². The van der Waals surface area contributed by atoms with Crippen molar-refractivity contribution in [3.8, 4) is 11.8 Å². The van der Waals surface area contributed by atoms with Crippen molar-refractivity contribution in [3.05, 3.63) is 28.2 Å². The van der Waals surface area contributed by atoms with Crippen molar-refractivity contribution in [1.82, 2.24) is 0 Å². The van der Waals surface area contributed by atoms with Gasteiger partial charge in [0.05, 0.1) is 12.2 Å². The first-order valence-corrected chi connectivity index (χ1v) is 4.39. The minimum Gasteiger partial charge on any atom is -0.492 e. The zero-order chi connectivity index (χ0) is 8.97. The summed E-state index contributed by atoms with van der Waals surface area (Å²) in [5.41, 5.74) is 0.561. The molecule has 0 fully saturated rings. The largest absolute Gasteiger partial charge is 0.492 e. The summed E-state index contributed by atoms with van der Waals surface area (Å²) in [4.78, 5) is 0. The van der Waals surface area contributed by atoms with Gasteiger partial charge >= 0.3 is 0 Å². The van der Waals surface area contributed by atoms with Crippen molar-refractivity contribution in [1.29, 1.82) is 5.26 Å². The molecule has 0 atom stereocenters. The zero-order valence-corrected chi connectivity index (χ0v) is 9.48. The molecule has 2 nitrogen and oxygen atoms in total. The van der Waals surface area contributed by atoms with E-state index in [-0.39, 0.29) is 12.4 Å². The smallest absolute Gasteiger partial charge is 0.137 e. The normalized spacial score (nSPS) is 8.38. The van der Waals surface area contributed by atoms with Crippen molar-refractivity contribution in [3.63, 3.8) is 0 Å². The maximum atomic E-state index is 8.72. The Morgan fingerprint density at radius 2 is 2.23 bits per heavy atom. The Morgan fingerprint density at radius 3 is 2.77 bits per heavy atom. The fourth-order valence-corrected chi connectivity index (χ4v) is 1.23. The molecule has 13 heavy (non-hydrogen) atoms. The Labute approximate surface area is 92.1 Å². The second kappa shape index (κ2) is 5.85. The van der Waals surface area contributed by atoms with Gasteiger partial charge in [-0.25, -0.2) is 0 Å². The van der Waals surface area contributed by atoms with Crippen LogP contribution in [0, 0.1) is 11.3 Å². The fraction of sp³-hybridized carbons (Fsp3) is 0.222. The SMILES string of the molecule is CCOc1ccc(Br)cc1C#N.Cl. The number of hydrogen-bond donors (Lipinski definition) is 0. The Bertz CT molecular complexity index is 322. The first-order valence-electron chi connectivity index (χ1n) is 3.60. The van der Waals surface area contributed by atoms with Gasteiger partial charge < -0.3 is 4.74 Å². The molecule has 1 aromatic carbocycles. The van der Waals surface area contributed by atoms with E-state index < -0.39 is 0 Å². The highest BCUT2D eigenvalue weighted by Crippen LogP contribution is 2.21. The maximum absolute atomic E-state index is 8.72. The van der Waals surface area contributed by atoms with Gasteiger partial charge in [-0.15, -0.1) is 12.4 Å². The van der Waals surface area contributed by atoms with Crippen LogP contribution in [0.15, 0.2) is 22.7 Å². The molecule has 0 amide bonds. The Hall–Kier alpha value is -0.720. The van der Waals surface area contributed by atoms with E-state index in [0.717, 1.165) is 4.47 Å². The van der Waals surface area contributed by atoms with Crippen LogP contribution in [-0.2, 0) is 0 Å². The number of ether oxygens (including phenoxy) is 1. The van der Waals surface area contributed by atoms with E-state index in [4.69, 9.17) is 10.00 Å². The molecule has 1 rings (SSSR count). The molecule has 0 aliphatic rings. The zero-order valence-electron chi connectivity index (χ0n) is 7.08. The van der Waals surface area contributed by atoms with Crippen LogP contribution in [0.25, 0.3) is 0 Å². The van der Waals surface area contributed by atoms with Crippen LogP contribution in [0.4, 0.5) is 0 Å². The van der Waals surface area contributed by atoms with Gasteiger partial charge in [0.15, 0.2) is 0 Å². The number of rotatable bonds is 2. The summed E-state index contributed by atoms with van der Waals surface area (Å²) in [6.45, 7) is 2.47. The molecule has 0 bridgehead atoms. The molecule has 4 heteroatoms. The molecule has 0 aromatic heterocycles. The monoisotopic (exact) mass is 261 g/mol. The van der Waals surface area contributed by atoms with Crippen LogP contribution >= 0.6 is 28.3 Å². The summed E-state index contributed by atoms with van der Waals surface area (Å²) in [5, 5.41) is 8.72. The molecule has 0 aliphatic heterocycles. The van der Waals surface area contributed by atoms with Gasteiger partial charge in [0, 0.05) is 4.47 Å². The van der Waals surface area contributed by atoms with E-state index in [2.05, 4.69) is 22.0 Å². The maximum Gasteiger partial charge on any atom is 0.137 e. The van der Waals surface area contributed by atoms with E-state index in [1.807, 2.05) is 13.0 Å². The Kier molecular flexibility index (Phi) is 5.52. The van der Waals surface area contributed by atoms with E-state index in [1.54, 1.807) is 12.1 Å². The van der Waals surface area contributed by atoms with Crippen LogP contribution < -0.4 is 4.74 Å². The molecular weight excluding hydrogens is 253 g/mol. The van der Waals surface area contributed by atoms with E-state index in [9.17, 15) is 0 Å². The molecule has 0 spiro atoms. The lowest BCUT2D eigenvalue weighted by molar-refractivity contribution is 0.339. The van der Waals surface area contributed by atoms with Crippen molar-refractivity contribution in [2.45, 2.75) is 6.92 Å². The molecule has 1 aromatic rings. The summed E-state index contributed by atoms with van der Waals surface area (Å²) in [5.74, 6) is 0.642. The third-order valence-electron chi connectivity index (χ3n) is 1.36. The molecule has 0 heterocycles. The van der Waals surface area contributed by atoms with Crippen molar-refractivity contribution < 1.29 is 4.74 Å². The number of hydrogen-bond acceptors (Lipinski definition) is 2. The van der Waals surface area contributed by atoms with E-state index in [1.165, 1.54) is 0 Å². The van der Waals surface area contributed by atoms with Crippen molar-refractivity contribution >= 4 is 28.3 Å². The molecule has 0 saturated carbocycles. The molecule has 0 radical (unpaired) electrons. The molecule has 0 saturated heterocycles. The summed E-state index contributed by atoms with van der Waals surface area (Å²) < 4.78 is 6.13. The van der Waals surface area contributed by atoms with E-state index in [0.29, 0.717) is 17.9 Å². The summed E-state index contributed by atoms with van der Waals surface area (Å²) >= 11 is 3.28. The lowest BCUT2D eigenvalue weighted by Crippen LogP contribution is -1.93. The number of nitrogens with zero attached hydrogens (tertiary/aromatic N) is 1. The Morgan fingerprint density at radius 1 is 1.54 bits per heavy atom. The standard InChI is InChI=1S/C9H8BrNO.ClH/c1-2-12-9-4-3-8(10)5-7(9)6-11;/h3-5H,2H2,1H3;1H. The highest BCUT2D eigenvalue weighted by molar-refractivity contribution is 9.10. The highest BCUT2D eigenvalue weighted by Gasteiger charge is 2.01. The van der Waals surface area contributed by atoms with Gasteiger partial charge in [-0.1, -0.05) is 15.9 Å². The molecule has 70 valence electrons. The third-order valence-corrected chi connectivity index (χ3v) is 1.86. The molecular formula is C9H9BrClNO. The molecule has 0 N–H and O–H groups in total. The van der Waals surface area contributed by atoms with Crippen molar-refractivity contribution in [2.24, 2.45) is 0 Å². The summed E-state index contributed by atoms with van der Waals surface area (Å²) in [7, 11) is 0. The topological polar surface area (TPSA) is 33.0 Å². The predicted molar refractivity (Wildman–Crippen MR) is 57.3 cm³/mol. The first kappa shape index (κ1) is 12.3. The van der Waals surface area contributed by atoms with Crippen LogP contribution in [-0.4, -0.2) is 6.61 Å². The highest BCUT2D eigenvalue weighted by atomic mass is 79.9. The predicted octanol–water partition coefficient (Wildman–Crippen LogP) is 3.14.